The van der Waals surface area contributed by atoms with E-state index in [1.54, 1.807) is 6.26 Å². The van der Waals surface area contributed by atoms with Crippen molar-refractivity contribution < 1.29 is 0 Å². The highest BCUT2D eigenvalue weighted by Crippen LogP contribution is 2.21. The summed E-state index contributed by atoms with van der Waals surface area (Å²) in [5.41, 5.74) is 5.67. The van der Waals surface area contributed by atoms with Crippen LogP contribution < -0.4 is 5.73 Å². The average molecular weight is 191 g/mol. The molecule has 0 bridgehead atoms. The summed E-state index contributed by atoms with van der Waals surface area (Å²) in [6, 6.07) is 3.71. The Bertz CT molecular complexity index is 414. The molecular formula is C7H5N5S. The van der Waals surface area contributed by atoms with Crippen molar-refractivity contribution in [3.8, 4) is 12.1 Å². The molecule has 6 heteroatoms. The van der Waals surface area contributed by atoms with E-state index in [9.17, 15) is 0 Å². The van der Waals surface area contributed by atoms with Gasteiger partial charge in [-0.1, -0.05) is 0 Å². The number of hydrogen-bond donors (Lipinski definition) is 1. The second-order valence-electron chi connectivity index (χ2n) is 2.07. The third-order valence-corrected chi connectivity index (χ3v) is 2.06. The molecule has 0 spiro atoms. The Balaban J connectivity index is 3.50. The number of aromatic nitrogens is 2. The standard InChI is InChI=1S/C7H5N5S/c1-13-7-5(3-9)4(2-8)6(10)11-12-7/h1H3,(H2,10,11). The molecule has 0 aliphatic carbocycles. The first-order valence-electron chi connectivity index (χ1n) is 3.25. The molecule has 0 radical (unpaired) electrons. The van der Waals surface area contributed by atoms with E-state index in [2.05, 4.69) is 10.2 Å². The van der Waals surface area contributed by atoms with Gasteiger partial charge in [-0.15, -0.1) is 22.0 Å². The first-order chi connectivity index (χ1) is 6.24. The van der Waals surface area contributed by atoms with E-state index >= 15 is 0 Å². The fraction of sp³-hybridized carbons (Fsp3) is 0.143. The lowest BCUT2D eigenvalue weighted by atomic mass is 10.2. The lowest BCUT2D eigenvalue weighted by molar-refractivity contribution is 0.925. The van der Waals surface area contributed by atoms with Crippen molar-refractivity contribution in [3.05, 3.63) is 11.1 Å². The number of nitrogens with two attached hydrogens (primary N) is 1. The van der Waals surface area contributed by atoms with E-state index < -0.39 is 0 Å². The Morgan fingerprint density at radius 1 is 1.23 bits per heavy atom. The van der Waals surface area contributed by atoms with Crippen molar-refractivity contribution in [1.82, 2.24) is 10.2 Å². The molecule has 0 unspecified atom stereocenters. The molecule has 0 aliphatic rings. The van der Waals surface area contributed by atoms with Crippen LogP contribution in [-0.2, 0) is 0 Å². The van der Waals surface area contributed by atoms with Crippen LogP contribution in [0.25, 0.3) is 0 Å². The van der Waals surface area contributed by atoms with Crippen LogP contribution in [0.2, 0.25) is 0 Å². The van der Waals surface area contributed by atoms with Crippen LogP contribution in [0.5, 0.6) is 0 Å². The van der Waals surface area contributed by atoms with Gasteiger partial charge in [0, 0.05) is 0 Å². The molecular weight excluding hydrogens is 186 g/mol. The maximum atomic E-state index is 8.75. The van der Waals surface area contributed by atoms with Crippen molar-refractivity contribution in [1.29, 1.82) is 10.5 Å². The number of nitrogen functional groups attached to an aromatic ring is 1. The molecule has 2 N–H and O–H groups in total. The maximum Gasteiger partial charge on any atom is 0.165 e. The summed E-state index contributed by atoms with van der Waals surface area (Å²) in [5.74, 6) is -0.00292. The van der Waals surface area contributed by atoms with Gasteiger partial charge in [0.1, 0.15) is 28.3 Å². The predicted octanol–water partition coefficient (Wildman–Crippen LogP) is 0.524. The van der Waals surface area contributed by atoms with Crippen LogP contribution in [0.4, 0.5) is 5.82 Å². The van der Waals surface area contributed by atoms with Gasteiger partial charge in [0.05, 0.1) is 0 Å². The SMILES string of the molecule is CSc1nnc(N)c(C#N)c1C#N. The van der Waals surface area contributed by atoms with Gasteiger partial charge in [0.2, 0.25) is 0 Å². The summed E-state index contributed by atoms with van der Waals surface area (Å²) < 4.78 is 0. The van der Waals surface area contributed by atoms with Gasteiger partial charge in [0.25, 0.3) is 0 Å². The number of thioether (sulfide) groups is 1. The summed E-state index contributed by atoms with van der Waals surface area (Å²) in [6.45, 7) is 0. The van der Waals surface area contributed by atoms with Gasteiger partial charge in [-0.3, -0.25) is 0 Å². The van der Waals surface area contributed by atoms with Crippen molar-refractivity contribution in [2.45, 2.75) is 5.03 Å². The zero-order valence-electron chi connectivity index (χ0n) is 6.77. The molecule has 5 nitrogen and oxygen atoms in total. The van der Waals surface area contributed by atoms with Crippen LogP contribution in [0.3, 0.4) is 0 Å². The van der Waals surface area contributed by atoms with E-state index in [0.717, 1.165) is 0 Å². The minimum atomic E-state index is -0.00292. The molecule has 0 fully saturated rings. The van der Waals surface area contributed by atoms with Gasteiger partial charge >= 0.3 is 0 Å². The Morgan fingerprint density at radius 2 is 1.85 bits per heavy atom. The van der Waals surface area contributed by atoms with E-state index in [-0.39, 0.29) is 16.9 Å². The van der Waals surface area contributed by atoms with Gasteiger partial charge in [-0.2, -0.15) is 10.5 Å². The first kappa shape index (κ1) is 9.30. The number of nitriles is 2. The highest BCUT2D eigenvalue weighted by Gasteiger charge is 2.13. The Morgan fingerprint density at radius 3 is 2.31 bits per heavy atom. The van der Waals surface area contributed by atoms with E-state index in [0.29, 0.717) is 5.03 Å². The molecule has 0 amide bonds. The van der Waals surface area contributed by atoms with Crippen LogP contribution in [0.15, 0.2) is 5.03 Å². The Labute approximate surface area is 79.2 Å². The first-order valence-corrected chi connectivity index (χ1v) is 4.47. The van der Waals surface area contributed by atoms with E-state index in [4.69, 9.17) is 16.3 Å². The van der Waals surface area contributed by atoms with Crippen LogP contribution in [0, 0.1) is 22.7 Å². The lowest BCUT2D eigenvalue weighted by Gasteiger charge is -2.00. The number of rotatable bonds is 1. The summed E-state index contributed by atoms with van der Waals surface area (Å²) >= 11 is 1.26. The number of anilines is 1. The summed E-state index contributed by atoms with van der Waals surface area (Å²) in [6.07, 6.45) is 1.75. The summed E-state index contributed by atoms with van der Waals surface area (Å²) in [4.78, 5) is 0. The fourth-order valence-electron chi connectivity index (χ4n) is 0.794. The van der Waals surface area contributed by atoms with Gasteiger partial charge < -0.3 is 5.73 Å². The van der Waals surface area contributed by atoms with Crippen LogP contribution >= 0.6 is 11.8 Å². The summed E-state index contributed by atoms with van der Waals surface area (Å²) in [7, 11) is 0. The fourth-order valence-corrected chi connectivity index (χ4v) is 1.27. The molecule has 0 aromatic carbocycles. The lowest BCUT2D eigenvalue weighted by Crippen LogP contribution is -2.02. The molecule has 1 aromatic rings. The molecule has 1 heterocycles. The molecule has 13 heavy (non-hydrogen) atoms. The van der Waals surface area contributed by atoms with Crippen molar-refractivity contribution in [2.24, 2.45) is 0 Å². The molecule has 64 valence electrons. The molecule has 0 saturated carbocycles. The zero-order chi connectivity index (χ0) is 9.84. The second kappa shape index (κ2) is 3.74. The zero-order valence-corrected chi connectivity index (χ0v) is 7.59. The van der Waals surface area contributed by atoms with Crippen LogP contribution in [0.1, 0.15) is 11.1 Å². The quantitative estimate of drug-likeness (QED) is 0.650. The van der Waals surface area contributed by atoms with Crippen LogP contribution in [-0.4, -0.2) is 16.5 Å². The highest BCUT2D eigenvalue weighted by molar-refractivity contribution is 7.98. The van der Waals surface area contributed by atoms with E-state index in [1.807, 2.05) is 12.1 Å². The maximum absolute atomic E-state index is 8.75. The smallest absolute Gasteiger partial charge is 0.165 e. The normalized spacial score (nSPS) is 8.85. The topological polar surface area (TPSA) is 99.4 Å². The van der Waals surface area contributed by atoms with Crippen molar-refractivity contribution in [2.75, 3.05) is 12.0 Å². The second-order valence-corrected chi connectivity index (χ2v) is 2.86. The highest BCUT2D eigenvalue weighted by atomic mass is 32.2. The molecule has 0 atom stereocenters. The van der Waals surface area contributed by atoms with Gasteiger partial charge in [-0.25, -0.2) is 0 Å². The Hall–Kier alpha value is -1.79. The third kappa shape index (κ3) is 1.53. The molecule has 1 rings (SSSR count). The average Bonchev–Trinajstić information content (AvgIpc) is 2.17. The summed E-state index contributed by atoms with van der Waals surface area (Å²) in [5, 5.41) is 25.1. The molecule has 0 aliphatic heterocycles. The largest absolute Gasteiger partial charge is 0.381 e. The minimum absolute atomic E-state index is 0.00292. The minimum Gasteiger partial charge on any atom is -0.381 e. The van der Waals surface area contributed by atoms with Gasteiger partial charge in [-0.05, 0) is 6.26 Å². The monoisotopic (exact) mass is 191 g/mol. The third-order valence-electron chi connectivity index (χ3n) is 1.39. The number of hydrogen-bond acceptors (Lipinski definition) is 6. The van der Waals surface area contributed by atoms with Gasteiger partial charge in [0.15, 0.2) is 5.82 Å². The van der Waals surface area contributed by atoms with E-state index in [1.165, 1.54) is 11.8 Å². The van der Waals surface area contributed by atoms with Crippen molar-refractivity contribution >= 4 is 17.6 Å². The van der Waals surface area contributed by atoms with Crippen molar-refractivity contribution in [3.63, 3.8) is 0 Å². The Kier molecular flexibility index (Phi) is 2.68. The molecule has 0 saturated heterocycles. The molecule has 1 aromatic heterocycles. The number of nitrogens with zero attached hydrogens (tertiary/aromatic N) is 4. The predicted molar refractivity (Wildman–Crippen MR) is 47.7 cm³/mol.